The molecule has 0 unspecified atom stereocenters. The van der Waals surface area contributed by atoms with Gasteiger partial charge in [-0.05, 0) is 43.2 Å². The van der Waals surface area contributed by atoms with E-state index in [2.05, 4.69) is 19.7 Å². The fraction of sp³-hybridized carbons (Fsp3) is 0.391. The molecular weight excluding hydrogens is 394 g/mol. The van der Waals surface area contributed by atoms with Gasteiger partial charge in [-0.2, -0.15) is 0 Å². The predicted molar refractivity (Wildman–Crippen MR) is 114 cm³/mol. The molecule has 0 saturated heterocycles. The van der Waals surface area contributed by atoms with Gasteiger partial charge in [0.2, 0.25) is 0 Å². The molecule has 1 saturated carbocycles. The molecule has 1 fully saturated rings. The first kappa shape index (κ1) is 19.5. The van der Waals surface area contributed by atoms with Crippen LogP contribution >= 0.6 is 0 Å². The highest BCUT2D eigenvalue weighted by atomic mass is 16.5. The summed E-state index contributed by atoms with van der Waals surface area (Å²) in [4.78, 5) is 19.4. The monoisotopic (exact) mass is 419 g/mol. The summed E-state index contributed by atoms with van der Waals surface area (Å²) in [5.41, 5.74) is 1.53. The van der Waals surface area contributed by atoms with Crippen LogP contribution < -0.4 is 9.47 Å². The van der Waals surface area contributed by atoms with Gasteiger partial charge in [-0.25, -0.2) is 0 Å². The van der Waals surface area contributed by atoms with Gasteiger partial charge in [0.25, 0.3) is 5.91 Å². The number of carbonyl (C=O) groups excluding carboxylic acids is 1. The van der Waals surface area contributed by atoms with E-state index in [0.717, 1.165) is 42.9 Å². The van der Waals surface area contributed by atoms with Crippen LogP contribution in [0.15, 0.2) is 42.7 Å². The Balaban J connectivity index is 1.55. The largest absolute Gasteiger partial charge is 0.493 e. The van der Waals surface area contributed by atoms with Crippen molar-refractivity contribution in [3.8, 4) is 22.9 Å². The van der Waals surface area contributed by atoms with Crippen molar-refractivity contribution < 1.29 is 14.3 Å². The molecule has 31 heavy (non-hydrogen) atoms. The number of methoxy groups -OCH3 is 2. The molecule has 0 radical (unpaired) electrons. The Kier molecular flexibility index (Phi) is 5.05. The van der Waals surface area contributed by atoms with Crippen molar-refractivity contribution in [2.45, 2.75) is 44.3 Å². The van der Waals surface area contributed by atoms with Crippen LogP contribution in [0.2, 0.25) is 0 Å². The summed E-state index contributed by atoms with van der Waals surface area (Å²) in [6.07, 6.45) is 7.52. The molecule has 1 aliphatic carbocycles. The SMILES string of the molecule is COc1ccc(-c2nnc3n2[C@@H]2CCCC[C@@H]2N(C(=O)c2cccnc2)C3)cc1OC. The predicted octanol–water partition coefficient (Wildman–Crippen LogP) is 3.50. The van der Waals surface area contributed by atoms with Crippen LogP contribution in [0.3, 0.4) is 0 Å². The zero-order chi connectivity index (χ0) is 21.4. The normalized spacial score (nSPS) is 20.0. The molecule has 0 spiro atoms. The minimum Gasteiger partial charge on any atom is -0.493 e. The summed E-state index contributed by atoms with van der Waals surface area (Å²) in [6, 6.07) is 9.68. The number of pyridine rings is 1. The third kappa shape index (κ3) is 3.32. The lowest BCUT2D eigenvalue weighted by atomic mass is 9.86. The van der Waals surface area contributed by atoms with E-state index in [1.165, 1.54) is 0 Å². The second kappa shape index (κ2) is 8.02. The van der Waals surface area contributed by atoms with Gasteiger partial charge in [0, 0.05) is 18.0 Å². The van der Waals surface area contributed by atoms with E-state index in [-0.39, 0.29) is 18.0 Å². The summed E-state index contributed by atoms with van der Waals surface area (Å²) >= 11 is 0. The van der Waals surface area contributed by atoms with E-state index in [9.17, 15) is 4.79 Å². The fourth-order valence-electron chi connectivity index (χ4n) is 4.86. The maximum Gasteiger partial charge on any atom is 0.256 e. The Morgan fingerprint density at radius 1 is 1.03 bits per heavy atom. The number of ether oxygens (including phenoxy) is 2. The molecule has 3 aromatic rings. The van der Waals surface area contributed by atoms with Crippen LogP contribution in [-0.4, -0.2) is 50.8 Å². The van der Waals surface area contributed by atoms with Crippen molar-refractivity contribution in [3.63, 3.8) is 0 Å². The first-order chi connectivity index (χ1) is 15.2. The van der Waals surface area contributed by atoms with Gasteiger partial charge in [0.15, 0.2) is 23.1 Å². The number of fused-ring (bicyclic) bond motifs is 3. The summed E-state index contributed by atoms with van der Waals surface area (Å²) in [5.74, 6) is 2.95. The Labute approximate surface area is 180 Å². The third-order valence-corrected chi connectivity index (χ3v) is 6.32. The van der Waals surface area contributed by atoms with Crippen molar-refractivity contribution in [3.05, 3.63) is 54.1 Å². The molecule has 1 aliphatic heterocycles. The maximum absolute atomic E-state index is 13.3. The molecule has 5 rings (SSSR count). The fourth-order valence-corrected chi connectivity index (χ4v) is 4.86. The number of nitrogens with zero attached hydrogens (tertiary/aromatic N) is 5. The van der Waals surface area contributed by atoms with Gasteiger partial charge < -0.3 is 18.9 Å². The molecule has 160 valence electrons. The molecule has 2 aromatic heterocycles. The molecule has 3 heterocycles. The van der Waals surface area contributed by atoms with Crippen molar-refractivity contribution in [2.75, 3.05) is 14.2 Å². The highest BCUT2D eigenvalue weighted by Crippen LogP contribution is 2.41. The lowest BCUT2D eigenvalue weighted by Crippen LogP contribution is -2.50. The van der Waals surface area contributed by atoms with E-state index >= 15 is 0 Å². The van der Waals surface area contributed by atoms with Crippen molar-refractivity contribution >= 4 is 5.91 Å². The van der Waals surface area contributed by atoms with E-state index in [1.807, 2.05) is 29.2 Å². The second-order valence-corrected chi connectivity index (χ2v) is 7.97. The lowest BCUT2D eigenvalue weighted by Gasteiger charge is -2.44. The molecule has 2 aliphatic rings. The standard InChI is InChI=1S/C23H25N5O3/c1-30-19-10-9-15(12-20(19)31-2)22-26-25-21-14-27(23(29)16-6-5-11-24-13-16)17-7-3-4-8-18(17)28(21)22/h5-6,9-13,17-18H,3-4,7-8,14H2,1-2H3/t17-,18+/m0/s1. The number of rotatable bonds is 4. The zero-order valence-corrected chi connectivity index (χ0v) is 17.7. The van der Waals surface area contributed by atoms with Crippen molar-refractivity contribution in [1.82, 2.24) is 24.6 Å². The van der Waals surface area contributed by atoms with Gasteiger partial charge >= 0.3 is 0 Å². The molecule has 0 N–H and O–H groups in total. The quantitative estimate of drug-likeness (QED) is 0.644. The average molecular weight is 419 g/mol. The molecule has 0 bridgehead atoms. The highest BCUT2D eigenvalue weighted by molar-refractivity contribution is 5.94. The lowest BCUT2D eigenvalue weighted by molar-refractivity contribution is 0.0420. The smallest absolute Gasteiger partial charge is 0.256 e. The summed E-state index contributed by atoms with van der Waals surface area (Å²) in [6.45, 7) is 0.440. The van der Waals surface area contributed by atoms with E-state index in [0.29, 0.717) is 23.6 Å². The Hall–Kier alpha value is -3.42. The second-order valence-electron chi connectivity index (χ2n) is 7.97. The number of benzene rings is 1. The number of amides is 1. The van der Waals surface area contributed by atoms with Crippen molar-refractivity contribution in [1.29, 1.82) is 0 Å². The van der Waals surface area contributed by atoms with Crippen LogP contribution in [-0.2, 0) is 6.54 Å². The first-order valence-electron chi connectivity index (χ1n) is 10.6. The van der Waals surface area contributed by atoms with Crippen molar-refractivity contribution in [2.24, 2.45) is 0 Å². The van der Waals surface area contributed by atoms with Crippen LogP contribution in [0, 0.1) is 0 Å². The van der Waals surface area contributed by atoms with E-state index in [4.69, 9.17) is 9.47 Å². The maximum atomic E-state index is 13.3. The Morgan fingerprint density at radius 3 is 2.58 bits per heavy atom. The molecule has 1 aromatic carbocycles. The zero-order valence-electron chi connectivity index (χ0n) is 17.7. The molecular formula is C23H25N5O3. The topological polar surface area (TPSA) is 82.4 Å². The van der Waals surface area contributed by atoms with E-state index < -0.39 is 0 Å². The van der Waals surface area contributed by atoms with Gasteiger partial charge in [0.1, 0.15) is 0 Å². The number of hydrogen-bond acceptors (Lipinski definition) is 6. The van der Waals surface area contributed by atoms with Gasteiger partial charge in [-0.1, -0.05) is 12.8 Å². The molecule has 1 amide bonds. The Bertz CT molecular complexity index is 1100. The average Bonchev–Trinajstić information content (AvgIpc) is 3.27. The Morgan fingerprint density at radius 2 is 1.84 bits per heavy atom. The molecule has 8 heteroatoms. The number of aromatic nitrogens is 4. The van der Waals surface area contributed by atoms with Crippen LogP contribution in [0.1, 0.15) is 47.9 Å². The van der Waals surface area contributed by atoms with Gasteiger partial charge in [-0.3, -0.25) is 9.78 Å². The number of carbonyl (C=O) groups is 1. The van der Waals surface area contributed by atoms with Gasteiger partial charge in [0.05, 0.1) is 38.4 Å². The minimum absolute atomic E-state index is 0.00640. The van der Waals surface area contributed by atoms with E-state index in [1.54, 1.807) is 32.7 Å². The summed E-state index contributed by atoms with van der Waals surface area (Å²) < 4.78 is 13.1. The molecule has 8 nitrogen and oxygen atoms in total. The van der Waals surface area contributed by atoms with Crippen LogP contribution in [0.5, 0.6) is 11.5 Å². The summed E-state index contributed by atoms with van der Waals surface area (Å²) in [5, 5.41) is 9.00. The minimum atomic E-state index is 0.00640. The summed E-state index contributed by atoms with van der Waals surface area (Å²) in [7, 11) is 3.25. The molecule has 2 atom stereocenters. The first-order valence-corrected chi connectivity index (χ1v) is 10.6. The third-order valence-electron chi connectivity index (χ3n) is 6.32. The number of hydrogen-bond donors (Lipinski definition) is 0. The van der Waals surface area contributed by atoms with Crippen LogP contribution in [0.25, 0.3) is 11.4 Å². The van der Waals surface area contributed by atoms with Crippen LogP contribution in [0.4, 0.5) is 0 Å². The highest BCUT2D eigenvalue weighted by Gasteiger charge is 2.41. The van der Waals surface area contributed by atoms with Gasteiger partial charge in [-0.15, -0.1) is 10.2 Å².